The maximum Gasteiger partial charge on any atom is 0.224 e. The molecule has 106 valence electrons. The molecular weight excluding hydrogens is 262 g/mol. The Morgan fingerprint density at radius 1 is 1.21 bits per heavy atom. The van der Waals surface area contributed by atoms with E-state index in [0.717, 1.165) is 12.0 Å². The molecule has 0 aliphatic heterocycles. The van der Waals surface area contributed by atoms with E-state index in [1.807, 2.05) is 6.92 Å². The van der Waals surface area contributed by atoms with Crippen molar-refractivity contribution in [2.75, 3.05) is 6.54 Å². The lowest BCUT2D eigenvalue weighted by Gasteiger charge is -2.08. The van der Waals surface area contributed by atoms with Gasteiger partial charge in [-0.15, -0.1) is 0 Å². The maximum atomic E-state index is 11.9. The van der Waals surface area contributed by atoms with Crippen molar-refractivity contribution >= 4 is 15.7 Å². The second-order valence-electron chi connectivity index (χ2n) is 4.76. The molecule has 0 spiro atoms. The average Bonchev–Trinajstić information content (AvgIpc) is 2.36. The Morgan fingerprint density at radius 3 is 2.26 bits per heavy atom. The largest absolute Gasteiger partial charge is 0.356 e. The fraction of sp³-hybridized carbons (Fsp3) is 0.500. The molecule has 1 rings (SSSR count). The van der Waals surface area contributed by atoms with Crippen LogP contribution in [0.2, 0.25) is 0 Å². The highest BCUT2D eigenvalue weighted by Crippen LogP contribution is 2.16. The average molecular weight is 283 g/mol. The molecule has 0 heterocycles. The number of hydrogen-bond acceptors (Lipinski definition) is 3. The van der Waals surface area contributed by atoms with E-state index in [-0.39, 0.29) is 12.3 Å². The van der Waals surface area contributed by atoms with E-state index in [2.05, 4.69) is 5.32 Å². The molecule has 0 unspecified atom stereocenters. The van der Waals surface area contributed by atoms with Gasteiger partial charge in [-0.2, -0.15) is 0 Å². The van der Waals surface area contributed by atoms with Gasteiger partial charge in [0.15, 0.2) is 9.84 Å². The number of carbonyl (C=O) groups excluding carboxylic acids is 1. The summed E-state index contributed by atoms with van der Waals surface area (Å²) in [5.74, 6) is -0.0404. The third kappa shape index (κ3) is 4.35. The summed E-state index contributed by atoms with van der Waals surface area (Å²) in [4.78, 5) is 11.8. The number of sulfone groups is 1. The second-order valence-corrected chi connectivity index (χ2v) is 7.27. The standard InChI is InChI=1S/C14H21NO3S/c1-4-9-15-14(16)10-12-5-7-13(8-6-12)19(17,18)11(2)3/h5-8,11H,4,9-10H2,1-3H3,(H,15,16). The number of nitrogens with one attached hydrogen (secondary N) is 1. The van der Waals surface area contributed by atoms with E-state index >= 15 is 0 Å². The van der Waals surface area contributed by atoms with Crippen molar-refractivity contribution in [2.45, 2.75) is 43.8 Å². The molecule has 0 fully saturated rings. The van der Waals surface area contributed by atoms with Crippen molar-refractivity contribution in [2.24, 2.45) is 0 Å². The summed E-state index contributed by atoms with van der Waals surface area (Å²) < 4.78 is 23.9. The molecule has 5 heteroatoms. The molecule has 0 saturated heterocycles. The van der Waals surface area contributed by atoms with Crippen molar-refractivity contribution in [3.63, 3.8) is 0 Å². The van der Waals surface area contributed by atoms with Gasteiger partial charge in [-0.05, 0) is 38.0 Å². The minimum Gasteiger partial charge on any atom is -0.356 e. The molecule has 0 bridgehead atoms. The Kier molecular flexibility index (Phi) is 5.54. The Morgan fingerprint density at radius 2 is 1.79 bits per heavy atom. The highest BCUT2D eigenvalue weighted by Gasteiger charge is 2.18. The molecule has 1 aromatic rings. The van der Waals surface area contributed by atoms with Crippen LogP contribution in [0.25, 0.3) is 0 Å². The summed E-state index contributed by atoms with van der Waals surface area (Å²) in [7, 11) is -3.24. The van der Waals surface area contributed by atoms with Gasteiger partial charge in [0.25, 0.3) is 0 Å². The van der Waals surface area contributed by atoms with E-state index in [1.54, 1.807) is 38.1 Å². The minimum absolute atomic E-state index is 0.0404. The summed E-state index contributed by atoms with van der Waals surface area (Å²) in [5, 5.41) is 2.35. The first kappa shape index (κ1) is 15.7. The zero-order valence-electron chi connectivity index (χ0n) is 11.6. The summed E-state index contributed by atoms with van der Waals surface area (Å²) in [6, 6.07) is 6.52. The zero-order valence-corrected chi connectivity index (χ0v) is 12.5. The van der Waals surface area contributed by atoms with Gasteiger partial charge in [-0.1, -0.05) is 19.1 Å². The Bertz CT molecular complexity index is 518. The second kappa shape index (κ2) is 6.70. The fourth-order valence-corrected chi connectivity index (χ4v) is 2.64. The lowest BCUT2D eigenvalue weighted by molar-refractivity contribution is -0.120. The van der Waals surface area contributed by atoms with E-state index in [1.165, 1.54) is 0 Å². The van der Waals surface area contributed by atoms with Crippen LogP contribution in [-0.2, 0) is 21.1 Å². The number of rotatable bonds is 6. The SMILES string of the molecule is CCCNC(=O)Cc1ccc(S(=O)(=O)C(C)C)cc1. The van der Waals surface area contributed by atoms with Crippen molar-refractivity contribution < 1.29 is 13.2 Å². The van der Waals surface area contributed by atoms with Gasteiger partial charge in [-0.3, -0.25) is 4.79 Å². The molecule has 0 radical (unpaired) electrons. The van der Waals surface area contributed by atoms with Crippen molar-refractivity contribution in [1.29, 1.82) is 0 Å². The van der Waals surface area contributed by atoms with E-state index in [9.17, 15) is 13.2 Å². The maximum absolute atomic E-state index is 11.9. The Hall–Kier alpha value is -1.36. The molecule has 4 nitrogen and oxygen atoms in total. The normalized spacial score (nSPS) is 11.6. The smallest absolute Gasteiger partial charge is 0.224 e. The predicted molar refractivity (Wildman–Crippen MR) is 75.8 cm³/mol. The summed E-state index contributed by atoms with van der Waals surface area (Å²) >= 11 is 0. The van der Waals surface area contributed by atoms with E-state index < -0.39 is 15.1 Å². The first-order valence-electron chi connectivity index (χ1n) is 6.47. The molecule has 0 aromatic heterocycles. The van der Waals surface area contributed by atoms with Crippen LogP contribution in [0, 0.1) is 0 Å². The quantitative estimate of drug-likeness (QED) is 0.867. The molecule has 0 saturated carbocycles. The van der Waals surface area contributed by atoms with Gasteiger partial charge < -0.3 is 5.32 Å². The third-order valence-corrected chi connectivity index (χ3v) is 4.98. The zero-order chi connectivity index (χ0) is 14.5. The fourth-order valence-electron chi connectivity index (χ4n) is 1.58. The monoisotopic (exact) mass is 283 g/mol. The lowest BCUT2D eigenvalue weighted by atomic mass is 10.1. The van der Waals surface area contributed by atoms with Crippen LogP contribution in [0.15, 0.2) is 29.2 Å². The summed E-state index contributed by atoms with van der Waals surface area (Å²) in [6.45, 7) is 5.97. The van der Waals surface area contributed by atoms with Crippen LogP contribution in [0.4, 0.5) is 0 Å². The number of hydrogen-bond donors (Lipinski definition) is 1. The first-order valence-corrected chi connectivity index (χ1v) is 8.02. The van der Waals surface area contributed by atoms with Crippen molar-refractivity contribution in [3.05, 3.63) is 29.8 Å². The van der Waals surface area contributed by atoms with E-state index in [4.69, 9.17) is 0 Å². The van der Waals surface area contributed by atoms with Gasteiger partial charge in [0.1, 0.15) is 0 Å². The number of carbonyl (C=O) groups is 1. The molecule has 19 heavy (non-hydrogen) atoms. The van der Waals surface area contributed by atoms with Crippen molar-refractivity contribution in [3.8, 4) is 0 Å². The lowest BCUT2D eigenvalue weighted by Crippen LogP contribution is -2.25. The highest BCUT2D eigenvalue weighted by atomic mass is 32.2. The molecule has 1 amide bonds. The van der Waals surface area contributed by atoms with Crippen LogP contribution in [0.1, 0.15) is 32.8 Å². The highest BCUT2D eigenvalue weighted by molar-refractivity contribution is 7.92. The molecule has 0 aliphatic rings. The Balaban J connectivity index is 2.75. The third-order valence-electron chi connectivity index (χ3n) is 2.81. The summed E-state index contributed by atoms with van der Waals surface area (Å²) in [5.41, 5.74) is 0.816. The van der Waals surface area contributed by atoms with Gasteiger partial charge in [0, 0.05) is 6.54 Å². The Labute approximate surface area is 115 Å². The van der Waals surface area contributed by atoms with Gasteiger partial charge in [-0.25, -0.2) is 8.42 Å². The van der Waals surface area contributed by atoms with Crippen LogP contribution in [0.5, 0.6) is 0 Å². The molecule has 0 aliphatic carbocycles. The number of benzene rings is 1. The van der Waals surface area contributed by atoms with Gasteiger partial charge in [0.2, 0.25) is 5.91 Å². The summed E-state index contributed by atoms with van der Waals surface area (Å²) in [6.07, 6.45) is 1.18. The molecular formula is C14H21NO3S. The van der Waals surface area contributed by atoms with Gasteiger partial charge in [0.05, 0.1) is 16.6 Å². The topological polar surface area (TPSA) is 63.2 Å². The minimum atomic E-state index is -3.24. The molecule has 1 N–H and O–H groups in total. The van der Waals surface area contributed by atoms with Crippen molar-refractivity contribution in [1.82, 2.24) is 5.32 Å². The van der Waals surface area contributed by atoms with Gasteiger partial charge >= 0.3 is 0 Å². The van der Waals surface area contributed by atoms with Crippen LogP contribution >= 0.6 is 0 Å². The van der Waals surface area contributed by atoms with Crippen LogP contribution in [-0.4, -0.2) is 26.1 Å². The number of amides is 1. The van der Waals surface area contributed by atoms with E-state index in [0.29, 0.717) is 11.4 Å². The van der Waals surface area contributed by atoms with Crippen LogP contribution in [0.3, 0.4) is 0 Å². The molecule has 1 aromatic carbocycles. The molecule has 0 atom stereocenters. The van der Waals surface area contributed by atoms with Crippen LogP contribution < -0.4 is 5.32 Å². The predicted octanol–water partition coefficient (Wildman–Crippen LogP) is 1.94. The first-order chi connectivity index (χ1) is 8.87.